The Morgan fingerprint density at radius 3 is 2.33 bits per heavy atom. The molecule has 3 heteroatoms. The van der Waals surface area contributed by atoms with Gasteiger partial charge in [-0.15, -0.1) is 0 Å². The van der Waals surface area contributed by atoms with Crippen molar-refractivity contribution in [3.05, 3.63) is 66.2 Å². The second-order valence-electron chi connectivity index (χ2n) is 5.09. The third-order valence-corrected chi connectivity index (χ3v) is 3.69. The average Bonchev–Trinajstić information content (AvgIpc) is 2.95. The van der Waals surface area contributed by atoms with Crippen LogP contribution in [-0.2, 0) is 6.54 Å². The minimum Gasteiger partial charge on any atom is -0.436 e. The average molecular weight is 274 g/mol. The first kappa shape index (κ1) is 12.1. The van der Waals surface area contributed by atoms with Gasteiger partial charge in [-0.1, -0.05) is 36.4 Å². The van der Waals surface area contributed by atoms with E-state index in [1.165, 1.54) is 5.39 Å². The zero-order valence-corrected chi connectivity index (χ0v) is 11.4. The van der Waals surface area contributed by atoms with Crippen LogP contribution in [0.4, 0.5) is 0 Å². The molecule has 4 aromatic rings. The van der Waals surface area contributed by atoms with Crippen molar-refractivity contribution in [2.45, 2.75) is 6.54 Å². The van der Waals surface area contributed by atoms with Crippen molar-refractivity contribution in [3.8, 4) is 11.5 Å². The van der Waals surface area contributed by atoms with E-state index in [9.17, 15) is 0 Å². The number of benzene rings is 3. The lowest BCUT2D eigenvalue weighted by Gasteiger charge is -1.97. The van der Waals surface area contributed by atoms with E-state index in [-0.39, 0.29) is 0 Å². The van der Waals surface area contributed by atoms with Crippen LogP contribution in [0, 0.1) is 0 Å². The molecule has 0 amide bonds. The molecule has 0 bridgehead atoms. The predicted octanol–water partition coefficient (Wildman–Crippen LogP) is 4.11. The van der Waals surface area contributed by atoms with Gasteiger partial charge in [0.1, 0.15) is 5.52 Å². The Balaban J connectivity index is 1.87. The molecule has 3 aromatic carbocycles. The Morgan fingerprint density at radius 2 is 1.62 bits per heavy atom. The molecule has 4 rings (SSSR count). The first-order valence-electron chi connectivity index (χ1n) is 6.92. The summed E-state index contributed by atoms with van der Waals surface area (Å²) < 4.78 is 5.89. The number of hydrogen-bond donors (Lipinski definition) is 1. The molecule has 0 atom stereocenters. The molecule has 0 aliphatic carbocycles. The summed E-state index contributed by atoms with van der Waals surface area (Å²) in [7, 11) is 0. The van der Waals surface area contributed by atoms with Gasteiger partial charge in [-0.25, -0.2) is 4.98 Å². The van der Waals surface area contributed by atoms with Gasteiger partial charge in [0.2, 0.25) is 5.89 Å². The van der Waals surface area contributed by atoms with E-state index in [0.29, 0.717) is 12.4 Å². The monoisotopic (exact) mass is 274 g/mol. The van der Waals surface area contributed by atoms with E-state index in [4.69, 9.17) is 10.2 Å². The molecule has 0 fully saturated rings. The SMILES string of the molecule is NCc1ccc(-c2nc3cc4ccccc4cc3o2)cc1. The van der Waals surface area contributed by atoms with Gasteiger partial charge in [0.05, 0.1) is 0 Å². The topological polar surface area (TPSA) is 52.0 Å². The van der Waals surface area contributed by atoms with Crippen molar-refractivity contribution in [3.63, 3.8) is 0 Å². The number of hydrogen-bond acceptors (Lipinski definition) is 3. The largest absolute Gasteiger partial charge is 0.436 e. The van der Waals surface area contributed by atoms with Crippen molar-refractivity contribution in [2.75, 3.05) is 0 Å². The number of rotatable bonds is 2. The number of nitrogens with two attached hydrogens (primary N) is 1. The minimum absolute atomic E-state index is 0.541. The molecule has 1 heterocycles. The minimum atomic E-state index is 0.541. The van der Waals surface area contributed by atoms with Crippen molar-refractivity contribution in [1.29, 1.82) is 0 Å². The normalized spacial score (nSPS) is 11.3. The van der Waals surface area contributed by atoms with Crippen LogP contribution in [0.1, 0.15) is 5.56 Å². The quantitative estimate of drug-likeness (QED) is 0.598. The lowest BCUT2D eigenvalue weighted by atomic mass is 10.1. The molecule has 3 nitrogen and oxygen atoms in total. The Morgan fingerprint density at radius 1 is 0.905 bits per heavy atom. The molecule has 21 heavy (non-hydrogen) atoms. The lowest BCUT2D eigenvalue weighted by molar-refractivity contribution is 0.620. The number of aromatic nitrogens is 1. The summed E-state index contributed by atoms with van der Waals surface area (Å²) >= 11 is 0. The Hall–Kier alpha value is -2.65. The van der Waals surface area contributed by atoms with Crippen LogP contribution < -0.4 is 5.73 Å². The zero-order chi connectivity index (χ0) is 14.2. The predicted molar refractivity (Wildman–Crippen MR) is 84.8 cm³/mol. The lowest BCUT2D eigenvalue weighted by Crippen LogP contribution is -1.95. The molecular formula is C18H14N2O. The molecule has 102 valence electrons. The van der Waals surface area contributed by atoms with E-state index < -0.39 is 0 Å². The van der Waals surface area contributed by atoms with Gasteiger partial charge < -0.3 is 10.2 Å². The van der Waals surface area contributed by atoms with Crippen LogP contribution in [0.5, 0.6) is 0 Å². The third kappa shape index (κ3) is 2.08. The van der Waals surface area contributed by atoms with Gasteiger partial charge in [-0.2, -0.15) is 0 Å². The molecule has 0 unspecified atom stereocenters. The number of fused-ring (bicyclic) bond motifs is 2. The first-order chi connectivity index (χ1) is 10.3. The van der Waals surface area contributed by atoms with Crippen LogP contribution in [0.3, 0.4) is 0 Å². The van der Waals surface area contributed by atoms with E-state index in [1.54, 1.807) is 0 Å². The van der Waals surface area contributed by atoms with Gasteiger partial charge in [0.25, 0.3) is 0 Å². The summed E-state index contributed by atoms with van der Waals surface area (Å²) in [6, 6.07) is 20.3. The van der Waals surface area contributed by atoms with Crippen LogP contribution in [-0.4, -0.2) is 4.98 Å². The molecular weight excluding hydrogens is 260 g/mol. The summed E-state index contributed by atoms with van der Waals surface area (Å²) in [5, 5.41) is 2.33. The first-order valence-corrected chi connectivity index (χ1v) is 6.92. The molecule has 0 saturated heterocycles. The molecule has 0 radical (unpaired) electrons. The molecule has 2 N–H and O–H groups in total. The summed E-state index contributed by atoms with van der Waals surface area (Å²) in [5.74, 6) is 0.642. The van der Waals surface area contributed by atoms with Gasteiger partial charge in [0.15, 0.2) is 5.58 Å². The highest BCUT2D eigenvalue weighted by molar-refractivity contribution is 5.94. The Kier molecular flexibility index (Phi) is 2.72. The standard InChI is InChI=1S/C18H14N2O/c19-11-12-5-7-13(8-6-12)18-20-16-9-14-3-1-2-4-15(14)10-17(16)21-18/h1-10H,11,19H2. The smallest absolute Gasteiger partial charge is 0.227 e. The van der Waals surface area contributed by atoms with Gasteiger partial charge in [-0.3, -0.25) is 0 Å². The van der Waals surface area contributed by atoms with Gasteiger partial charge in [-0.05, 0) is 40.6 Å². The second kappa shape index (κ2) is 4.72. The molecule has 0 aliphatic heterocycles. The van der Waals surface area contributed by atoms with Crippen LogP contribution >= 0.6 is 0 Å². The fourth-order valence-corrected chi connectivity index (χ4v) is 2.52. The van der Waals surface area contributed by atoms with Crippen molar-refractivity contribution in [2.24, 2.45) is 5.73 Å². The maximum atomic E-state index is 5.89. The number of nitrogens with zero attached hydrogens (tertiary/aromatic N) is 1. The van der Waals surface area contributed by atoms with Crippen LogP contribution in [0.25, 0.3) is 33.3 Å². The van der Waals surface area contributed by atoms with Gasteiger partial charge >= 0.3 is 0 Å². The highest BCUT2D eigenvalue weighted by atomic mass is 16.3. The highest BCUT2D eigenvalue weighted by Crippen LogP contribution is 2.28. The van der Waals surface area contributed by atoms with E-state index in [2.05, 4.69) is 23.2 Å². The Labute approximate surface area is 122 Å². The summed E-state index contributed by atoms with van der Waals surface area (Å²) in [4.78, 5) is 4.59. The fourth-order valence-electron chi connectivity index (χ4n) is 2.52. The summed E-state index contributed by atoms with van der Waals surface area (Å²) in [6.07, 6.45) is 0. The second-order valence-corrected chi connectivity index (χ2v) is 5.09. The maximum Gasteiger partial charge on any atom is 0.227 e. The summed E-state index contributed by atoms with van der Waals surface area (Å²) in [6.45, 7) is 0.541. The third-order valence-electron chi connectivity index (χ3n) is 3.69. The van der Waals surface area contributed by atoms with E-state index in [0.717, 1.165) is 27.6 Å². The van der Waals surface area contributed by atoms with Crippen LogP contribution in [0.2, 0.25) is 0 Å². The number of oxazole rings is 1. The fraction of sp³-hybridized carbons (Fsp3) is 0.0556. The molecule has 0 aliphatic rings. The maximum absolute atomic E-state index is 5.89. The van der Waals surface area contributed by atoms with E-state index >= 15 is 0 Å². The molecule has 0 spiro atoms. The highest BCUT2D eigenvalue weighted by Gasteiger charge is 2.09. The summed E-state index contributed by atoms with van der Waals surface area (Å²) in [5.41, 5.74) is 9.37. The molecule has 0 saturated carbocycles. The van der Waals surface area contributed by atoms with E-state index in [1.807, 2.05) is 42.5 Å². The van der Waals surface area contributed by atoms with Crippen molar-refractivity contribution >= 4 is 21.9 Å². The Bertz CT molecular complexity index is 870. The molecule has 1 aromatic heterocycles. The zero-order valence-electron chi connectivity index (χ0n) is 11.4. The van der Waals surface area contributed by atoms with Crippen molar-refractivity contribution < 1.29 is 4.42 Å². The van der Waals surface area contributed by atoms with Crippen LogP contribution in [0.15, 0.2) is 65.1 Å². The van der Waals surface area contributed by atoms with Crippen molar-refractivity contribution in [1.82, 2.24) is 4.98 Å². The van der Waals surface area contributed by atoms with Gasteiger partial charge in [0, 0.05) is 12.1 Å².